The van der Waals surface area contributed by atoms with Crippen LogP contribution >= 0.6 is 0 Å². The highest BCUT2D eigenvalue weighted by molar-refractivity contribution is 6.06. The molecular weight excluding hydrogens is 328 g/mol. The van der Waals surface area contributed by atoms with Gasteiger partial charge in [-0.25, -0.2) is 0 Å². The quantitative estimate of drug-likeness (QED) is 0.854. The van der Waals surface area contributed by atoms with Gasteiger partial charge in [-0.15, -0.1) is 0 Å². The molecule has 0 saturated heterocycles. The van der Waals surface area contributed by atoms with Crippen LogP contribution in [-0.2, 0) is 0 Å². The molecule has 0 atom stereocenters. The van der Waals surface area contributed by atoms with Crippen LogP contribution in [0.5, 0.6) is 5.75 Å². The van der Waals surface area contributed by atoms with Gasteiger partial charge in [0.2, 0.25) is 0 Å². The summed E-state index contributed by atoms with van der Waals surface area (Å²) >= 11 is 0. The van der Waals surface area contributed by atoms with Gasteiger partial charge in [-0.05, 0) is 43.2 Å². The molecule has 2 aromatic rings. The second-order valence-corrected chi connectivity index (χ2v) is 6.54. The van der Waals surface area contributed by atoms with Crippen LogP contribution in [0.1, 0.15) is 52.8 Å². The van der Waals surface area contributed by atoms with Gasteiger partial charge in [-0.2, -0.15) is 0 Å². The van der Waals surface area contributed by atoms with Crippen LogP contribution in [-0.4, -0.2) is 25.0 Å². The number of anilines is 1. The first kappa shape index (κ1) is 18.0. The fourth-order valence-electron chi connectivity index (χ4n) is 3.28. The monoisotopic (exact) mass is 352 g/mol. The predicted molar refractivity (Wildman–Crippen MR) is 102 cm³/mol. The maximum atomic E-state index is 12.5. The maximum Gasteiger partial charge on any atom is 0.259 e. The van der Waals surface area contributed by atoms with E-state index in [-0.39, 0.29) is 17.9 Å². The Labute approximate surface area is 153 Å². The third-order valence-electron chi connectivity index (χ3n) is 4.67. The third kappa shape index (κ3) is 4.42. The molecule has 1 aliphatic rings. The SMILES string of the molecule is COc1ccccc1C(=O)Nc1cccc(C(=O)NC2CCCCC2)c1. The van der Waals surface area contributed by atoms with Crippen LogP contribution in [0.4, 0.5) is 5.69 Å². The average Bonchev–Trinajstić information content (AvgIpc) is 2.69. The van der Waals surface area contributed by atoms with Gasteiger partial charge >= 0.3 is 0 Å². The van der Waals surface area contributed by atoms with Gasteiger partial charge in [0.15, 0.2) is 0 Å². The summed E-state index contributed by atoms with van der Waals surface area (Å²) in [7, 11) is 1.53. The van der Waals surface area contributed by atoms with E-state index in [0.29, 0.717) is 22.6 Å². The summed E-state index contributed by atoms with van der Waals surface area (Å²) in [5.74, 6) is 0.147. The van der Waals surface area contributed by atoms with E-state index in [0.717, 1.165) is 12.8 Å². The Kier molecular flexibility index (Phi) is 5.89. The number of carbonyl (C=O) groups excluding carboxylic acids is 2. The zero-order valence-electron chi connectivity index (χ0n) is 15.0. The summed E-state index contributed by atoms with van der Waals surface area (Å²) in [6.45, 7) is 0. The molecule has 26 heavy (non-hydrogen) atoms. The van der Waals surface area contributed by atoms with Gasteiger partial charge in [0.25, 0.3) is 11.8 Å². The normalized spacial score (nSPS) is 14.5. The highest BCUT2D eigenvalue weighted by Gasteiger charge is 2.17. The van der Waals surface area contributed by atoms with Gasteiger partial charge in [0.05, 0.1) is 12.7 Å². The second-order valence-electron chi connectivity index (χ2n) is 6.54. The van der Waals surface area contributed by atoms with E-state index in [1.165, 1.54) is 26.4 Å². The van der Waals surface area contributed by atoms with E-state index in [2.05, 4.69) is 10.6 Å². The van der Waals surface area contributed by atoms with Crippen molar-refractivity contribution in [1.82, 2.24) is 5.32 Å². The molecule has 2 N–H and O–H groups in total. The number of hydrogen-bond acceptors (Lipinski definition) is 3. The minimum atomic E-state index is -0.271. The standard InChI is InChI=1S/C21H24N2O3/c1-26-19-13-6-5-12-18(19)21(25)23-17-11-7-8-15(14-17)20(24)22-16-9-3-2-4-10-16/h5-8,11-14,16H,2-4,9-10H2,1H3,(H,22,24)(H,23,25). The predicted octanol–water partition coefficient (Wildman–Crippen LogP) is 4.01. The summed E-state index contributed by atoms with van der Waals surface area (Å²) in [6, 6.07) is 14.3. The molecule has 1 fully saturated rings. The highest BCUT2D eigenvalue weighted by Crippen LogP contribution is 2.21. The minimum absolute atomic E-state index is 0.0923. The van der Waals surface area contributed by atoms with Crippen LogP contribution < -0.4 is 15.4 Å². The van der Waals surface area contributed by atoms with Gasteiger partial charge < -0.3 is 15.4 Å². The molecule has 0 bridgehead atoms. The number of methoxy groups -OCH3 is 1. The minimum Gasteiger partial charge on any atom is -0.496 e. The van der Waals surface area contributed by atoms with Crippen molar-refractivity contribution in [2.45, 2.75) is 38.1 Å². The Balaban J connectivity index is 1.68. The van der Waals surface area contributed by atoms with Crippen LogP contribution in [0.15, 0.2) is 48.5 Å². The van der Waals surface area contributed by atoms with Crippen LogP contribution in [0, 0.1) is 0 Å². The lowest BCUT2D eigenvalue weighted by Crippen LogP contribution is -2.36. The number of rotatable bonds is 5. The van der Waals surface area contributed by atoms with E-state index in [9.17, 15) is 9.59 Å². The number of nitrogens with one attached hydrogen (secondary N) is 2. The molecule has 2 aromatic carbocycles. The number of para-hydroxylation sites is 1. The van der Waals surface area contributed by atoms with Crippen LogP contribution in [0.2, 0.25) is 0 Å². The van der Waals surface area contributed by atoms with Crippen LogP contribution in [0.25, 0.3) is 0 Å². The second kappa shape index (κ2) is 8.52. The zero-order valence-corrected chi connectivity index (χ0v) is 15.0. The lowest BCUT2D eigenvalue weighted by molar-refractivity contribution is 0.0926. The van der Waals surface area contributed by atoms with Gasteiger partial charge in [-0.1, -0.05) is 37.5 Å². The van der Waals surface area contributed by atoms with Gasteiger partial charge in [-0.3, -0.25) is 9.59 Å². The Bertz CT molecular complexity index is 782. The summed E-state index contributed by atoms with van der Waals surface area (Å²) in [5, 5.41) is 5.93. The van der Waals surface area contributed by atoms with Crippen molar-refractivity contribution in [1.29, 1.82) is 0 Å². The summed E-state index contributed by atoms with van der Waals surface area (Å²) < 4.78 is 5.23. The van der Waals surface area contributed by atoms with Crippen molar-refractivity contribution < 1.29 is 14.3 Å². The fourth-order valence-corrected chi connectivity index (χ4v) is 3.28. The molecule has 0 aliphatic heterocycles. The Morgan fingerprint density at radius 1 is 0.962 bits per heavy atom. The van der Waals surface area contributed by atoms with Crippen molar-refractivity contribution in [2.75, 3.05) is 12.4 Å². The Hall–Kier alpha value is -2.82. The van der Waals surface area contributed by atoms with Crippen molar-refractivity contribution in [3.05, 3.63) is 59.7 Å². The summed E-state index contributed by atoms with van der Waals surface area (Å²) in [6.07, 6.45) is 5.66. The number of amides is 2. The molecule has 2 amide bonds. The molecule has 5 nitrogen and oxygen atoms in total. The van der Waals surface area contributed by atoms with Crippen molar-refractivity contribution >= 4 is 17.5 Å². The molecule has 1 saturated carbocycles. The number of benzene rings is 2. The van der Waals surface area contributed by atoms with E-state index >= 15 is 0 Å². The smallest absolute Gasteiger partial charge is 0.259 e. The zero-order chi connectivity index (χ0) is 18.4. The van der Waals surface area contributed by atoms with E-state index in [1.54, 1.807) is 42.5 Å². The Morgan fingerprint density at radius 2 is 1.73 bits per heavy atom. The number of ether oxygens (including phenoxy) is 1. The van der Waals surface area contributed by atoms with E-state index < -0.39 is 0 Å². The van der Waals surface area contributed by atoms with Crippen molar-refractivity contribution in [3.8, 4) is 5.75 Å². The largest absolute Gasteiger partial charge is 0.496 e. The first-order chi connectivity index (χ1) is 12.7. The molecule has 0 aromatic heterocycles. The van der Waals surface area contributed by atoms with Crippen molar-refractivity contribution in [2.24, 2.45) is 0 Å². The molecule has 0 spiro atoms. The fraction of sp³-hybridized carbons (Fsp3) is 0.333. The first-order valence-corrected chi connectivity index (χ1v) is 9.02. The molecule has 0 unspecified atom stereocenters. The van der Waals surface area contributed by atoms with Crippen LogP contribution in [0.3, 0.4) is 0 Å². The van der Waals surface area contributed by atoms with E-state index in [1.807, 2.05) is 6.07 Å². The molecule has 0 radical (unpaired) electrons. The lowest BCUT2D eigenvalue weighted by Gasteiger charge is -2.22. The molecular formula is C21H24N2O3. The van der Waals surface area contributed by atoms with Gasteiger partial charge in [0, 0.05) is 17.3 Å². The summed E-state index contributed by atoms with van der Waals surface area (Å²) in [5.41, 5.74) is 1.58. The van der Waals surface area contributed by atoms with Gasteiger partial charge in [0.1, 0.15) is 5.75 Å². The highest BCUT2D eigenvalue weighted by atomic mass is 16.5. The molecule has 136 valence electrons. The van der Waals surface area contributed by atoms with Crippen molar-refractivity contribution in [3.63, 3.8) is 0 Å². The number of hydrogen-bond donors (Lipinski definition) is 2. The molecule has 3 rings (SSSR count). The third-order valence-corrected chi connectivity index (χ3v) is 4.67. The molecule has 1 aliphatic carbocycles. The lowest BCUT2D eigenvalue weighted by atomic mass is 9.95. The van der Waals surface area contributed by atoms with E-state index in [4.69, 9.17) is 4.74 Å². The molecule has 5 heteroatoms. The molecule has 0 heterocycles. The maximum absolute atomic E-state index is 12.5. The number of carbonyl (C=O) groups is 2. The average molecular weight is 352 g/mol. The summed E-state index contributed by atoms with van der Waals surface area (Å²) in [4.78, 5) is 25.0. The topological polar surface area (TPSA) is 67.4 Å². The first-order valence-electron chi connectivity index (χ1n) is 9.02. The Morgan fingerprint density at radius 3 is 2.50 bits per heavy atom.